The van der Waals surface area contributed by atoms with Crippen molar-refractivity contribution in [2.45, 2.75) is 0 Å². The molecule has 0 unspecified atom stereocenters. The summed E-state index contributed by atoms with van der Waals surface area (Å²) in [5.74, 6) is 0. The first-order chi connectivity index (χ1) is 8.80. The monoisotopic (exact) mass is 256 g/mol. The molecule has 0 radical (unpaired) electrons. The summed E-state index contributed by atoms with van der Waals surface area (Å²) in [5, 5.41) is 4.17. The van der Waals surface area contributed by atoms with Gasteiger partial charge in [0.05, 0.1) is 5.36 Å². The van der Waals surface area contributed by atoms with E-state index in [0.29, 0.717) is 0 Å². The lowest BCUT2D eigenvalue weighted by Crippen LogP contribution is -2.11. The second kappa shape index (κ2) is 4.38. The van der Waals surface area contributed by atoms with E-state index >= 15 is 0 Å². The van der Waals surface area contributed by atoms with Gasteiger partial charge in [0.1, 0.15) is 9.58 Å². The summed E-state index contributed by atoms with van der Waals surface area (Å²) in [6.45, 7) is 0. The Balaban J connectivity index is 2.34. The standard InChI is InChI=1S/C14H13N3S/c1-15-9-3-5-11-13(7-9)18-14-8-10(16-2)4-6-12(14)17-11/h3-8,15H,1-2H3/p+1. The van der Waals surface area contributed by atoms with Gasteiger partial charge in [0.15, 0.2) is 0 Å². The fourth-order valence-electron chi connectivity index (χ4n) is 1.97. The fraction of sp³-hybridized carbons (Fsp3) is 0.143. The lowest BCUT2D eigenvalue weighted by Gasteiger charge is -2.02. The molecule has 1 heterocycles. The van der Waals surface area contributed by atoms with Gasteiger partial charge >= 0.3 is 0 Å². The average molecular weight is 256 g/mol. The van der Waals surface area contributed by atoms with Crippen molar-refractivity contribution in [3.05, 3.63) is 41.8 Å². The highest BCUT2D eigenvalue weighted by atomic mass is 32.1. The topological polar surface area (TPSA) is 38.5 Å². The molecule has 2 N–H and O–H groups in total. The Hall–Kier alpha value is -1.94. The van der Waals surface area contributed by atoms with Crippen LogP contribution in [0.1, 0.15) is 0 Å². The molecule has 0 bridgehead atoms. The Bertz CT molecular complexity index is 746. The summed E-state index contributed by atoms with van der Waals surface area (Å²) in [5.41, 5.74) is 3.44. The van der Waals surface area contributed by atoms with Crippen molar-refractivity contribution < 1.29 is 4.98 Å². The largest absolute Gasteiger partial charge is 0.388 e. The van der Waals surface area contributed by atoms with Crippen LogP contribution in [0.5, 0.6) is 0 Å². The summed E-state index contributed by atoms with van der Waals surface area (Å²) >= 11 is 1.78. The van der Waals surface area contributed by atoms with Gasteiger partial charge in [0.2, 0.25) is 11.2 Å². The maximum Gasteiger partial charge on any atom is 0.221 e. The second-order valence-corrected chi connectivity index (χ2v) is 5.18. The van der Waals surface area contributed by atoms with E-state index in [1.165, 1.54) is 9.58 Å². The molecule has 90 valence electrons. The Morgan fingerprint density at radius 1 is 1.17 bits per heavy atom. The van der Waals surface area contributed by atoms with Gasteiger partial charge in [-0.2, -0.15) is 0 Å². The Morgan fingerprint density at radius 3 is 2.83 bits per heavy atom. The highest BCUT2D eigenvalue weighted by Crippen LogP contribution is 2.28. The number of aromatic amines is 1. The van der Waals surface area contributed by atoms with Crippen LogP contribution >= 0.6 is 11.3 Å². The molecule has 1 aromatic carbocycles. The highest BCUT2D eigenvalue weighted by Gasteiger charge is 2.12. The molecule has 4 heteroatoms. The molecule has 0 saturated heterocycles. The zero-order valence-corrected chi connectivity index (χ0v) is 11.1. The summed E-state index contributed by atoms with van der Waals surface area (Å²) in [4.78, 5) is 8.89. The molecular formula is C14H14N3S+. The first kappa shape index (κ1) is 11.2. The third-order valence-corrected chi connectivity index (χ3v) is 4.10. The average Bonchev–Trinajstić information content (AvgIpc) is 2.43. The van der Waals surface area contributed by atoms with E-state index in [2.05, 4.69) is 45.6 Å². The summed E-state index contributed by atoms with van der Waals surface area (Å²) in [6, 6.07) is 12.6. The maximum absolute atomic E-state index is 4.21. The number of fused-ring (bicyclic) bond motifs is 2. The van der Waals surface area contributed by atoms with Crippen LogP contribution in [0.2, 0.25) is 0 Å². The van der Waals surface area contributed by atoms with Crippen molar-refractivity contribution in [2.24, 2.45) is 4.99 Å². The molecule has 1 aliphatic carbocycles. The van der Waals surface area contributed by atoms with Gasteiger partial charge in [-0.3, -0.25) is 4.99 Å². The molecule has 1 aliphatic heterocycles. The quantitative estimate of drug-likeness (QED) is 0.667. The van der Waals surface area contributed by atoms with Crippen LogP contribution in [0.3, 0.4) is 0 Å². The van der Waals surface area contributed by atoms with Crippen LogP contribution in [0.25, 0.3) is 20.8 Å². The van der Waals surface area contributed by atoms with E-state index in [0.717, 1.165) is 22.3 Å². The van der Waals surface area contributed by atoms with E-state index < -0.39 is 0 Å². The molecule has 3 nitrogen and oxygen atoms in total. The molecule has 18 heavy (non-hydrogen) atoms. The zero-order valence-electron chi connectivity index (χ0n) is 10.3. The molecule has 0 aromatic heterocycles. The number of rotatable bonds is 1. The number of hydrogen-bond donors (Lipinski definition) is 1. The number of hydrogen-bond acceptors (Lipinski definition) is 3. The second-order valence-electron chi connectivity index (χ2n) is 4.09. The molecule has 0 fully saturated rings. The minimum absolute atomic E-state index is 1.01. The van der Waals surface area contributed by atoms with E-state index in [1.807, 2.05) is 20.2 Å². The van der Waals surface area contributed by atoms with Gasteiger partial charge in [0.25, 0.3) is 0 Å². The number of H-pyrrole nitrogens is 1. The van der Waals surface area contributed by atoms with Gasteiger partial charge in [-0.05, 0) is 24.3 Å². The number of anilines is 1. The Morgan fingerprint density at radius 2 is 2.06 bits per heavy atom. The van der Waals surface area contributed by atoms with Gasteiger partial charge in [0, 0.05) is 31.9 Å². The number of aromatic nitrogens is 1. The Labute approximate surface area is 109 Å². The summed E-state index contributed by atoms with van der Waals surface area (Å²) < 4.78 is 1.24. The van der Waals surface area contributed by atoms with Crippen LogP contribution in [0.4, 0.5) is 5.69 Å². The van der Waals surface area contributed by atoms with Crippen LogP contribution < -0.4 is 15.7 Å². The van der Waals surface area contributed by atoms with Gasteiger partial charge in [-0.25, -0.2) is 4.98 Å². The van der Waals surface area contributed by atoms with Gasteiger partial charge < -0.3 is 5.32 Å². The molecule has 0 atom stereocenters. The third-order valence-electron chi connectivity index (χ3n) is 2.98. The minimum Gasteiger partial charge on any atom is -0.388 e. The van der Waals surface area contributed by atoms with Crippen LogP contribution in [0.15, 0.2) is 41.4 Å². The van der Waals surface area contributed by atoms with Crippen molar-refractivity contribution in [3.8, 4) is 10.6 Å². The van der Waals surface area contributed by atoms with Crippen molar-refractivity contribution in [1.82, 2.24) is 0 Å². The highest BCUT2D eigenvalue weighted by molar-refractivity contribution is 7.21. The summed E-state index contributed by atoms with van der Waals surface area (Å²) in [6.07, 6.45) is 0. The minimum atomic E-state index is 1.01. The molecule has 0 saturated carbocycles. The predicted octanol–water partition coefficient (Wildman–Crippen LogP) is 2.39. The van der Waals surface area contributed by atoms with Gasteiger partial charge in [-0.15, -0.1) is 11.3 Å². The molecule has 3 rings (SSSR count). The van der Waals surface area contributed by atoms with Gasteiger partial charge in [-0.1, -0.05) is 0 Å². The van der Waals surface area contributed by atoms with Crippen LogP contribution in [-0.4, -0.2) is 14.1 Å². The normalized spacial score (nSPS) is 12.2. The number of nitrogens with one attached hydrogen (secondary N) is 2. The van der Waals surface area contributed by atoms with E-state index in [1.54, 1.807) is 11.3 Å². The molecular weight excluding hydrogens is 242 g/mol. The van der Waals surface area contributed by atoms with E-state index in [9.17, 15) is 0 Å². The lowest BCUT2D eigenvalue weighted by molar-refractivity contribution is -0.330. The molecule has 2 aliphatic rings. The van der Waals surface area contributed by atoms with E-state index in [-0.39, 0.29) is 0 Å². The summed E-state index contributed by atoms with van der Waals surface area (Å²) in [7, 11) is 3.75. The maximum atomic E-state index is 4.21. The lowest BCUT2D eigenvalue weighted by atomic mass is 10.2. The molecule has 0 spiro atoms. The fourth-order valence-corrected chi connectivity index (χ4v) is 3.03. The first-order valence-corrected chi connectivity index (χ1v) is 6.62. The van der Waals surface area contributed by atoms with Crippen LogP contribution in [0, 0.1) is 0 Å². The molecule has 0 amide bonds. The first-order valence-electron chi connectivity index (χ1n) is 5.81. The van der Waals surface area contributed by atoms with Crippen molar-refractivity contribution in [1.29, 1.82) is 0 Å². The Kier molecular flexibility index (Phi) is 2.72. The SMILES string of the molecule is CN=c1ccc2[nH+]c3ccc(NC)cc3sc-2c1. The van der Waals surface area contributed by atoms with Crippen molar-refractivity contribution in [2.75, 3.05) is 19.4 Å². The molecule has 1 aromatic rings. The predicted molar refractivity (Wildman–Crippen MR) is 76.0 cm³/mol. The smallest absolute Gasteiger partial charge is 0.221 e. The third kappa shape index (κ3) is 1.84. The van der Waals surface area contributed by atoms with Crippen molar-refractivity contribution >= 4 is 27.2 Å². The van der Waals surface area contributed by atoms with Crippen molar-refractivity contribution in [3.63, 3.8) is 0 Å². The zero-order chi connectivity index (χ0) is 12.5. The van der Waals surface area contributed by atoms with E-state index in [4.69, 9.17) is 0 Å². The number of nitrogens with zero attached hydrogens (tertiary/aromatic N) is 1. The number of benzene rings is 2. The van der Waals surface area contributed by atoms with Crippen LogP contribution in [-0.2, 0) is 0 Å².